The van der Waals surface area contributed by atoms with E-state index in [4.69, 9.17) is 4.74 Å². The molecule has 2 saturated heterocycles. The Labute approximate surface area is 140 Å². The lowest BCUT2D eigenvalue weighted by Gasteiger charge is -2.28. The molecule has 2 aliphatic heterocycles. The fourth-order valence-electron chi connectivity index (χ4n) is 2.97. The summed E-state index contributed by atoms with van der Waals surface area (Å²) in [6.45, 7) is 11.5. The van der Waals surface area contributed by atoms with Gasteiger partial charge in [-0.05, 0) is 25.4 Å². The highest BCUT2D eigenvalue weighted by atomic mass is 35.5. The van der Waals surface area contributed by atoms with Gasteiger partial charge in [0.05, 0.1) is 13.2 Å². The summed E-state index contributed by atoms with van der Waals surface area (Å²) in [5.41, 5.74) is 0. The summed E-state index contributed by atoms with van der Waals surface area (Å²) in [4.78, 5) is 16.8. The number of likely N-dealkylation sites (tertiary alicyclic amines) is 1. The molecule has 7 heteroatoms. The molecule has 0 radical (unpaired) electrons. The first-order valence-corrected chi connectivity index (χ1v) is 7.56. The molecule has 0 saturated carbocycles. The van der Waals surface area contributed by atoms with E-state index >= 15 is 0 Å². The summed E-state index contributed by atoms with van der Waals surface area (Å²) in [5, 5.41) is 3.25. The normalized spacial score (nSPS) is 25.4. The molecule has 2 atom stereocenters. The third-order valence-electron chi connectivity index (χ3n) is 4.23. The predicted molar refractivity (Wildman–Crippen MR) is 89.6 cm³/mol. The minimum Gasteiger partial charge on any atom is -0.378 e. The summed E-state index contributed by atoms with van der Waals surface area (Å²) in [6.07, 6.45) is 1.13. The first kappa shape index (κ1) is 20.9. The average Bonchev–Trinajstić information content (AvgIpc) is 2.93. The topological polar surface area (TPSA) is 44.8 Å². The zero-order valence-corrected chi connectivity index (χ0v) is 14.7. The van der Waals surface area contributed by atoms with Crippen molar-refractivity contribution in [3.05, 3.63) is 0 Å². The average molecular weight is 342 g/mol. The Balaban J connectivity index is 0.00000200. The van der Waals surface area contributed by atoms with E-state index in [1.165, 1.54) is 0 Å². The number of carbonyl (C=O) groups excluding carboxylic acids is 1. The third kappa shape index (κ3) is 5.91. The zero-order chi connectivity index (χ0) is 13.7. The number of rotatable bonds is 5. The molecule has 0 aromatic rings. The number of morpholine rings is 1. The molecule has 2 rings (SSSR count). The third-order valence-corrected chi connectivity index (χ3v) is 4.23. The molecule has 2 aliphatic rings. The van der Waals surface area contributed by atoms with Gasteiger partial charge in [0, 0.05) is 26.2 Å². The Kier molecular flexibility index (Phi) is 10.6. The summed E-state index contributed by atoms with van der Waals surface area (Å²) in [6, 6.07) is -0.124. The largest absolute Gasteiger partial charge is 0.378 e. The van der Waals surface area contributed by atoms with Crippen molar-refractivity contribution in [2.24, 2.45) is 5.92 Å². The molecule has 0 spiro atoms. The van der Waals surface area contributed by atoms with E-state index in [1.807, 2.05) is 4.90 Å². The summed E-state index contributed by atoms with van der Waals surface area (Å²) >= 11 is 0. The molecule has 0 bridgehead atoms. The number of carbonyl (C=O) groups is 1. The standard InChI is InChI=1S/C14H27N3O2.2ClH/c1-3-16(4-2)9-12-5-7-17(10-12)14(18)13-11-19-8-6-15-13;;/h12-13,15H,3-11H2,1-2H3;2*1H. The van der Waals surface area contributed by atoms with Crippen molar-refractivity contribution in [2.75, 3.05) is 52.5 Å². The van der Waals surface area contributed by atoms with Crippen LogP contribution in [0, 0.1) is 5.92 Å². The van der Waals surface area contributed by atoms with Crippen LogP contribution in [0.3, 0.4) is 0 Å². The predicted octanol–water partition coefficient (Wildman–Crippen LogP) is 1.01. The van der Waals surface area contributed by atoms with Gasteiger partial charge in [0.25, 0.3) is 0 Å². The van der Waals surface area contributed by atoms with Crippen molar-refractivity contribution < 1.29 is 9.53 Å². The van der Waals surface area contributed by atoms with Crippen molar-refractivity contribution >= 4 is 30.7 Å². The number of hydrogen-bond acceptors (Lipinski definition) is 4. The van der Waals surface area contributed by atoms with Gasteiger partial charge in [0.1, 0.15) is 6.04 Å². The lowest BCUT2D eigenvalue weighted by Crippen LogP contribution is -2.52. The van der Waals surface area contributed by atoms with Crippen molar-refractivity contribution in [2.45, 2.75) is 26.3 Å². The van der Waals surface area contributed by atoms with E-state index in [2.05, 4.69) is 24.1 Å². The van der Waals surface area contributed by atoms with E-state index in [-0.39, 0.29) is 36.8 Å². The molecule has 2 fully saturated rings. The lowest BCUT2D eigenvalue weighted by molar-refractivity contribution is -0.135. The number of amides is 1. The Morgan fingerprint density at radius 1 is 1.33 bits per heavy atom. The molecule has 1 amide bonds. The first-order chi connectivity index (χ1) is 9.24. The van der Waals surface area contributed by atoms with E-state index in [9.17, 15) is 4.79 Å². The van der Waals surface area contributed by atoms with Crippen LogP contribution in [-0.4, -0.2) is 74.2 Å². The maximum Gasteiger partial charge on any atom is 0.242 e. The van der Waals surface area contributed by atoms with Crippen LogP contribution in [0.1, 0.15) is 20.3 Å². The van der Waals surface area contributed by atoms with Gasteiger partial charge in [-0.25, -0.2) is 0 Å². The van der Waals surface area contributed by atoms with Crippen molar-refractivity contribution in [1.29, 1.82) is 0 Å². The second-order valence-corrected chi connectivity index (χ2v) is 5.51. The van der Waals surface area contributed by atoms with Gasteiger partial charge in [0.2, 0.25) is 5.91 Å². The van der Waals surface area contributed by atoms with E-state index in [0.29, 0.717) is 19.1 Å². The minimum atomic E-state index is -0.124. The first-order valence-electron chi connectivity index (χ1n) is 7.56. The van der Waals surface area contributed by atoms with Gasteiger partial charge in [-0.3, -0.25) is 4.79 Å². The van der Waals surface area contributed by atoms with Gasteiger partial charge >= 0.3 is 0 Å². The van der Waals surface area contributed by atoms with Crippen LogP contribution in [0.4, 0.5) is 0 Å². The fraction of sp³-hybridized carbons (Fsp3) is 0.929. The Morgan fingerprint density at radius 2 is 2.05 bits per heavy atom. The summed E-state index contributed by atoms with van der Waals surface area (Å²) in [7, 11) is 0. The molecule has 126 valence electrons. The number of nitrogens with one attached hydrogen (secondary N) is 1. The molecule has 2 unspecified atom stereocenters. The fourth-order valence-corrected chi connectivity index (χ4v) is 2.97. The Morgan fingerprint density at radius 3 is 2.62 bits per heavy atom. The van der Waals surface area contributed by atoms with E-state index in [1.54, 1.807) is 0 Å². The smallest absolute Gasteiger partial charge is 0.242 e. The van der Waals surface area contributed by atoms with Crippen LogP contribution in [0.2, 0.25) is 0 Å². The van der Waals surface area contributed by atoms with Crippen LogP contribution in [-0.2, 0) is 9.53 Å². The second-order valence-electron chi connectivity index (χ2n) is 5.51. The molecule has 0 aromatic carbocycles. The second kappa shape index (κ2) is 10.6. The monoisotopic (exact) mass is 341 g/mol. The SMILES string of the molecule is CCN(CC)CC1CCN(C(=O)C2COCCN2)C1.Cl.Cl. The minimum absolute atomic E-state index is 0. The van der Waals surface area contributed by atoms with Crippen molar-refractivity contribution in [1.82, 2.24) is 15.1 Å². The number of hydrogen-bond donors (Lipinski definition) is 1. The Hall–Kier alpha value is -0.0700. The molecular formula is C14H29Cl2N3O2. The molecule has 21 heavy (non-hydrogen) atoms. The summed E-state index contributed by atoms with van der Waals surface area (Å²) in [5.74, 6) is 0.857. The van der Waals surface area contributed by atoms with Crippen molar-refractivity contribution in [3.63, 3.8) is 0 Å². The Bertz CT molecular complexity index is 298. The van der Waals surface area contributed by atoms with E-state index < -0.39 is 0 Å². The maximum absolute atomic E-state index is 12.3. The zero-order valence-electron chi connectivity index (χ0n) is 13.0. The van der Waals surface area contributed by atoms with Gasteiger partial charge in [-0.2, -0.15) is 0 Å². The van der Waals surface area contributed by atoms with Crippen LogP contribution < -0.4 is 5.32 Å². The van der Waals surface area contributed by atoms with Crippen LogP contribution in [0.25, 0.3) is 0 Å². The number of halogens is 2. The van der Waals surface area contributed by atoms with E-state index in [0.717, 1.165) is 45.7 Å². The summed E-state index contributed by atoms with van der Waals surface area (Å²) < 4.78 is 5.37. The van der Waals surface area contributed by atoms with Gasteiger partial charge in [-0.1, -0.05) is 13.8 Å². The van der Waals surface area contributed by atoms with Crippen LogP contribution in [0.15, 0.2) is 0 Å². The maximum atomic E-state index is 12.3. The molecule has 0 aliphatic carbocycles. The molecule has 1 N–H and O–H groups in total. The quantitative estimate of drug-likeness (QED) is 0.810. The molecule has 5 nitrogen and oxygen atoms in total. The van der Waals surface area contributed by atoms with Crippen LogP contribution in [0.5, 0.6) is 0 Å². The lowest BCUT2D eigenvalue weighted by atomic mass is 10.1. The highest BCUT2D eigenvalue weighted by molar-refractivity contribution is 5.85. The number of ether oxygens (including phenoxy) is 1. The molecule has 0 aromatic heterocycles. The highest BCUT2D eigenvalue weighted by Crippen LogP contribution is 2.18. The van der Waals surface area contributed by atoms with Gasteiger partial charge in [0.15, 0.2) is 0 Å². The number of nitrogens with zero attached hydrogens (tertiary/aromatic N) is 2. The van der Waals surface area contributed by atoms with Crippen LogP contribution >= 0.6 is 24.8 Å². The highest BCUT2D eigenvalue weighted by Gasteiger charge is 2.32. The molecular weight excluding hydrogens is 313 g/mol. The van der Waals surface area contributed by atoms with Gasteiger partial charge in [-0.15, -0.1) is 24.8 Å². The van der Waals surface area contributed by atoms with Gasteiger partial charge < -0.3 is 19.9 Å². The van der Waals surface area contributed by atoms with Crippen molar-refractivity contribution in [3.8, 4) is 0 Å². The molecule has 2 heterocycles.